The van der Waals surface area contributed by atoms with E-state index in [0.717, 1.165) is 0 Å². The number of nitrogens with zero attached hydrogens (tertiary/aromatic N) is 1. The molecule has 4 amide bonds. The van der Waals surface area contributed by atoms with E-state index in [9.17, 15) is 29.1 Å². The quantitative estimate of drug-likeness (QED) is 0.0598. The van der Waals surface area contributed by atoms with Crippen molar-refractivity contribution in [2.24, 2.45) is 34.0 Å². The summed E-state index contributed by atoms with van der Waals surface area (Å²) in [5.74, 6) is -3.50. The normalized spacial score (nSPS) is 14.2. The third-order valence-electron chi connectivity index (χ3n) is 5.16. The summed E-state index contributed by atoms with van der Waals surface area (Å²) in [6, 6.07) is -3.99. The highest BCUT2D eigenvalue weighted by Gasteiger charge is 2.28. The van der Waals surface area contributed by atoms with Crippen LogP contribution in [0, 0.1) is 11.8 Å². The second kappa shape index (κ2) is 17.1. The maximum atomic E-state index is 12.8. The van der Waals surface area contributed by atoms with Crippen LogP contribution in [0.2, 0.25) is 0 Å². The summed E-state index contributed by atoms with van der Waals surface area (Å²) in [4.78, 5) is 65.0. The lowest BCUT2D eigenvalue weighted by atomic mass is 10.0. The average molecular weight is 529 g/mol. The van der Waals surface area contributed by atoms with Crippen molar-refractivity contribution >= 4 is 35.6 Å². The summed E-state index contributed by atoms with van der Waals surface area (Å²) in [5.41, 5.74) is 16.3. The predicted octanol–water partition coefficient (Wildman–Crippen LogP) is -1.87. The fraction of sp³-hybridized carbons (Fsp3) is 0.739. The van der Waals surface area contributed by atoms with Gasteiger partial charge in [0.2, 0.25) is 23.6 Å². The van der Waals surface area contributed by atoms with Crippen LogP contribution in [0.3, 0.4) is 0 Å². The van der Waals surface area contributed by atoms with Crippen molar-refractivity contribution in [3.63, 3.8) is 0 Å². The Morgan fingerprint density at radius 3 is 1.92 bits per heavy atom. The second-order valence-corrected chi connectivity index (χ2v) is 9.78. The minimum Gasteiger partial charge on any atom is -0.480 e. The minimum atomic E-state index is -1.24. The van der Waals surface area contributed by atoms with Crippen LogP contribution < -0.4 is 38.5 Å². The molecule has 0 aliphatic rings. The Hall–Kier alpha value is -3.42. The topological polar surface area (TPSA) is 244 Å². The van der Waals surface area contributed by atoms with Gasteiger partial charge >= 0.3 is 5.97 Å². The first-order valence-corrected chi connectivity index (χ1v) is 12.4. The van der Waals surface area contributed by atoms with Gasteiger partial charge in [0, 0.05) is 6.54 Å². The zero-order valence-electron chi connectivity index (χ0n) is 22.4. The number of carbonyl (C=O) groups is 5. The fourth-order valence-corrected chi connectivity index (χ4v) is 3.30. The Balaban J connectivity index is 4.98. The van der Waals surface area contributed by atoms with Gasteiger partial charge in [-0.05, 0) is 44.4 Å². The highest BCUT2D eigenvalue weighted by Crippen LogP contribution is 2.06. The molecule has 37 heavy (non-hydrogen) atoms. The smallest absolute Gasteiger partial charge is 0.326 e. The van der Waals surface area contributed by atoms with Gasteiger partial charge in [-0.1, -0.05) is 27.7 Å². The van der Waals surface area contributed by atoms with E-state index in [2.05, 4.69) is 26.3 Å². The lowest BCUT2D eigenvalue weighted by Crippen LogP contribution is -2.56. The molecule has 212 valence electrons. The standard InChI is InChI=1S/C23H44N8O6/c1-12(2)9-15(24)20(34)28-11-18(32)30-17(10-13(3)4)21(35)29-14(5)19(33)31-16(22(36)37)7-6-8-27-23(25)26/h12-17H,6-11,24H2,1-5H3,(H,28,34)(H,29,35)(H,30,32)(H,31,33)(H,36,37)(H4,25,26,27)/t14-,15-,16-,17-/m0/s1. The van der Waals surface area contributed by atoms with Crippen LogP contribution in [-0.2, 0) is 24.0 Å². The molecule has 0 heterocycles. The largest absolute Gasteiger partial charge is 0.480 e. The van der Waals surface area contributed by atoms with Crippen LogP contribution in [0.25, 0.3) is 0 Å². The summed E-state index contributed by atoms with van der Waals surface area (Å²) in [7, 11) is 0. The average Bonchev–Trinajstić information content (AvgIpc) is 2.77. The van der Waals surface area contributed by atoms with Gasteiger partial charge in [-0.3, -0.25) is 24.2 Å². The molecule has 0 saturated heterocycles. The molecule has 0 spiro atoms. The molecule has 11 N–H and O–H groups in total. The lowest BCUT2D eigenvalue weighted by molar-refractivity contribution is -0.142. The number of carboxylic acid groups (broad SMARTS) is 1. The van der Waals surface area contributed by atoms with Crippen molar-refractivity contribution in [3.05, 3.63) is 0 Å². The van der Waals surface area contributed by atoms with E-state index in [1.807, 2.05) is 27.7 Å². The molecule has 0 aliphatic carbocycles. The first kappa shape index (κ1) is 33.6. The van der Waals surface area contributed by atoms with Gasteiger partial charge in [-0.25, -0.2) is 4.79 Å². The second-order valence-electron chi connectivity index (χ2n) is 9.78. The Kier molecular flexibility index (Phi) is 15.5. The number of nitrogens with one attached hydrogen (secondary N) is 4. The number of guanidine groups is 1. The molecule has 0 unspecified atom stereocenters. The van der Waals surface area contributed by atoms with Gasteiger partial charge in [0.05, 0.1) is 12.6 Å². The van der Waals surface area contributed by atoms with Crippen molar-refractivity contribution in [1.82, 2.24) is 21.3 Å². The third kappa shape index (κ3) is 15.3. The molecule has 0 radical (unpaired) electrons. The Morgan fingerprint density at radius 2 is 1.41 bits per heavy atom. The highest BCUT2D eigenvalue weighted by molar-refractivity contribution is 5.94. The fourth-order valence-electron chi connectivity index (χ4n) is 3.30. The van der Waals surface area contributed by atoms with Crippen LogP contribution in [0.4, 0.5) is 0 Å². The van der Waals surface area contributed by atoms with Crippen molar-refractivity contribution in [2.45, 2.75) is 84.5 Å². The molecule has 0 fully saturated rings. The Morgan fingerprint density at radius 1 is 0.811 bits per heavy atom. The van der Waals surface area contributed by atoms with Crippen LogP contribution in [0.15, 0.2) is 4.99 Å². The molecule has 0 saturated carbocycles. The molecule has 14 heteroatoms. The van der Waals surface area contributed by atoms with E-state index < -0.39 is 53.8 Å². The first-order chi connectivity index (χ1) is 17.1. The summed E-state index contributed by atoms with van der Waals surface area (Å²) in [5, 5.41) is 19.3. The monoisotopic (exact) mass is 528 g/mol. The third-order valence-corrected chi connectivity index (χ3v) is 5.16. The van der Waals surface area contributed by atoms with Crippen molar-refractivity contribution in [3.8, 4) is 0 Å². The van der Waals surface area contributed by atoms with Gasteiger partial charge < -0.3 is 43.6 Å². The van der Waals surface area contributed by atoms with Crippen molar-refractivity contribution < 1.29 is 29.1 Å². The summed E-state index contributed by atoms with van der Waals surface area (Å²) in [6.07, 6.45) is 1.13. The van der Waals surface area contributed by atoms with E-state index >= 15 is 0 Å². The van der Waals surface area contributed by atoms with Crippen molar-refractivity contribution in [2.75, 3.05) is 13.1 Å². The zero-order chi connectivity index (χ0) is 28.7. The van der Waals surface area contributed by atoms with E-state index in [1.54, 1.807) is 0 Å². The maximum Gasteiger partial charge on any atom is 0.326 e. The van der Waals surface area contributed by atoms with Crippen LogP contribution >= 0.6 is 0 Å². The van der Waals surface area contributed by atoms with Crippen LogP contribution in [-0.4, -0.2) is 77.9 Å². The molecule has 0 aromatic rings. The number of carboxylic acids is 1. The maximum absolute atomic E-state index is 12.8. The zero-order valence-corrected chi connectivity index (χ0v) is 22.4. The van der Waals surface area contributed by atoms with E-state index in [1.165, 1.54) is 6.92 Å². The molecule has 0 rings (SSSR count). The molecule has 0 aliphatic heterocycles. The van der Waals surface area contributed by atoms with E-state index in [4.69, 9.17) is 17.2 Å². The van der Waals surface area contributed by atoms with Gasteiger partial charge in [0.1, 0.15) is 18.1 Å². The van der Waals surface area contributed by atoms with Gasteiger partial charge in [-0.2, -0.15) is 0 Å². The summed E-state index contributed by atoms with van der Waals surface area (Å²) < 4.78 is 0. The lowest BCUT2D eigenvalue weighted by Gasteiger charge is -2.23. The highest BCUT2D eigenvalue weighted by atomic mass is 16.4. The first-order valence-electron chi connectivity index (χ1n) is 12.4. The summed E-state index contributed by atoms with van der Waals surface area (Å²) in [6.45, 7) is 8.80. The van der Waals surface area contributed by atoms with Gasteiger partial charge in [-0.15, -0.1) is 0 Å². The number of carbonyl (C=O) groups excluding carboxylic acids is 4. The van der Waals surface area contributed by atoms with Gasteiger partial charge in [0.15, 0.2) is 5.96 Å². The number of nitrogens with two attached hydrogens (primary N) is 3. The predicted molar refractivity (Wildman–Crippen MR) is 139 cm³/mol. The number of hydrogen-bond acceptors (Lipinski definition) is 7. The van der Waals surface area contributed by atoms with E-state index in [0.29, 0.717) is 12.8 Å². The molecule has 0 aromatic carbocycles. The van der Waals surface area contributed by atoms with Gasteiger partial charge in [0.25, 0.3) is 0 Å². The number of amides is 4. The SMILES string of the molecule is CC(C)C[C@H](NC(=O)CNC(=O)[C@@H](N)CC(C)C)C(=O)N[C@@H](C)C(=O)N[C@@H](CCCN=C(N)N)C(=O)O. The van der Waals surface area contributed by atoms with Crippen LogP contribution in [0.1, 0.15) is 60.3 Å². The Bertz CT molecular complexity index is 813. The molecule has 14 nitrogen and oxygen atoms in total. The minimum absolute atomic E-state index is 0.0239. The number of aliphatic imine (C=N–C) groups is 1. The molecule has 4 atom stereocenters. The molecule has 0 aromatic heterocycles. The van der Waals surface area contributed by atoms with Crippen LogP contribution in [0.5, 0.6) is 0 Å². The summed E-state index contributed by atoms with van der Waals surface area (Å²) >= 11 is 0. The number of rotatable bonds is 17. The van der Waals surface area contributed by atoms with E-state index in [-0.39, 0.29) is 43.7 Å². The Labute approximate surface area is 217 Å². The van der Waals surface area contributed by atoms with Crippen molar-refractivity contribution in [1.29, 1.82) is 0 Å². The molecule has 0 bridgehead atoms. The molecular formula is C23H44N8O6. The molecular weight excluding hydrogens is 484 g/mol. The number of aliphatic carboxylic acids is 1. The number of hydrogen-bond donors (Lipinski definition) is 8.